The molecule has 0 saturated heterocycles. The van der Waals surface area contributed by atoms with E-state index in [2.05, 4.69) is 19.2 Å². The van der Waals surface area contributed by atoms with Gasteiger partial charge in [-0.05, 0) is 43.1 Å². The molecule has 0 heterocycles. The maximum atomic E-state index is 6.17. The van der Waals surface area contributed by atoms with Crippen LogP contribution in [0.4, 0.5) is 0 Å². The number of nitrogens with one attached hydrogen (secondary N) is 1. The van der Waals surface area contributed by atoms with Gasteiger partial charge in [0.2, 0.25) is 0 Å². The van der Waals surface area contributed by atoms with Crippen molar-refractivity contribution >= 4 is 23.2 Å². The fourth-order valence-corrected chi connectivity index (χ4v) is 2.60. The van der Waals surface area contributed by atoms with Crippen molar-refractivity contribution in [2.45, 2.75) is 33.4 Å². The Labute approximate surface area is 148 Å². The summed E-state index contributed by atoms with van der Waals surface area (Å²) in [7, 11) is 0. The Hall–Kier alpha value is -1.22. The third-order valence-corrected chi connectivity index (χ3v) is 4.18. The highest BCUT2D eigenvalue weighted by Crippen LogP contribution is 2.25. The number of hydrogen-bond donors (Lipinski definition) is 1. The van der Waals surface area contributed by atoms with E-state index in [1.54, 1.807) is 0 Å². The third-order valence-electron chi connectivity index (χ3n) is 3.58. The molecule has 1 N–H and O–H groups in total. The molecule has 23 heavy (non-hydrogen) atoms. The lowest BCUT2D eigenvalue weighted by atomic mass is 10.1. The maximum absolute atomic E-state index is 6.17. The Morgan fingerprint density at radius 3 is 2.57 bits per heavy atom. The highest BCUT2D eigenvalue weighted by Gasteiger charge is 2.07. The Bertz CT molecular complexity index is 629. The standard InChI is InChI=1S/C19H23Cl2NO/c1-14(2)9-10-22-12-16-11-17(20)7-8-19(16)23-13-15-5-3-4-6-18(15)21/h3-8,11,14,22H,9-10,12-13H2,1-2H3. The zero-order valence-electron chi connectivity index (χ0n) is 13.6. The molecule has 0 atom stereocenters. The third kappa shape index (κ3) is 6.06. The quantitative estimate of drug-likeness (QED) is 0.615. The van der Waals surface area contributed by atoms with Gasteiger partial charge in [-0.25, -0.2) is 0 Å². The van der Waals surface area contributed by atoms with E-state index in [0.29, 0.717) is 12.5 Å². The first-order valence-electron chi connectivity index (χ1n) is 7.91. The van der Waals surface area contributed by atoms with Gasteiger partial charge in [0.05, 0.1) is 0 Å². The second-order valence-corrected chi connectivity index (χ2v) is 6.84. The van der Waals surface area contributed by atoms with Gasteiger partial charge in [-0.1, -0.05) is 55.2 Å². The van der Waals surface area contributed by atoms with Crippen LogP contribution in [0.2, 0.25) is 10.0 Å². The minimum atomic E-state index is 0.445. The number of halogens is 2. The van der Waals surface area contributed by atoms with Gasteiger partial charge in [-0.3, -0.25) is 0 Å². The molecule has 0 aliphatic heterocycles. The summed E-state index contributed by atoms with van der Waals surface area (Å²) < 4.78 is 5.95. The smallest absolute Gasteiger partial charge is 0.124 e. The van der Waals surface area contributed by atoms with Crippen molar-refractivity contribution in [3.05, 3.63) is 63.6 Å². The van der Waals surface area contributed by atoms with Gasteiger partial charge in [-0.15, -0.1) is 0 Å². The van der Waals surface area contributed by atoms with Crippen LogP contribution in [0.25, 0.3) is 0 Å². The van der Waals surface area contributed by atoms with Crippen LogP contribution in [0, 0.1) is 5.92 Å². The van der Waals surface area contributed by atoms with E-state index in [1.807, 2.05) is 42.5 Å². The van der Waals surface area contributed by atoms with E-state index in [0.717, 1.165) is 46.4 Å². The molecule has 0 spiro atoms. The second kappa shape index (κ2) is 9.17. The minimum Gasteiger partial charge on any atom is -0.489 e. The molecule has 0 aliphatic carbocycles. The van der Waals surface area contributed by atoms with Crippen LogP contribution in [-0.4, -0.2) is 6.54 Å². The van der Waals surface area contributed by atoms with Crippen LogP contribution in [0.3, 0.4) is 0 Å². The van der Waals surface area contributed by atoms with Crippen molar-refractivity contribution < 1.29 is 4.74 Å². The molecule has 0 fully saturated rings. The summed E-state index contributed by atoms with van der Waals surface area (Å²) >= 11 is 12.3. The lowest BCUT2D eigenvalue weighted by Gasteiger charge is -2.14. The fourth-order valence-electron chi connectivity index (χ4n) is 2.21. The number of hydrogen-bond acceptors (Lipinski definition) is 2. The summed E-state index contributed by atoms with van der Waals surface area (Å²) in [6, 6.07) is 13.4. The van der Waals surface area contributed by atoms with E-state index in [-0.39, 0.29) is 0 Å². The lowest BCUT2D eigenvalue weighted by Crippen LogP contribution is -2.17. The average Bonchev–Trinajstić information content (AvgIpc) is 2.52. The van der Waals surface area contributed by atoms with E-state index in [4.69, 9.17) is 27.9 Å². The Kier molecular flexibility index (Phi) is 7.22. The zero-order chi connectivity index (χ0) is 16.7. The summed E-state index contributed by atoms with van der Waals surface area (Å²) in [6.07, 6.45) is 1.15. The Morgan fingerprint density at radius 2 is 1.83 bits per heavy atom. The minimum absolute atomic E-state index is 0.445. The molecule has 0 bridgehead atoms. The molecule has 0 unspecified atom stereocenters. The highest BCUT2D eigenvalue weighted by molar-refractivity contribution is 6.31. The first kappa shape index (κ1) is 18.1. The van der Waals surface area contributed by atoms with Gasteiger partial charge in [0, 0.05) is 27.7 Å². The monoisotopic (exact) mass is 351 g/mol. The van der Waals surface area contributed by atoms with E-state index in [9.17, 15) is 0 Å². The van der Waals surface area contributed by atoms with Crippen molar-refractivity contribution in [2.75, 3.05) is 6.54 Å². The molecular weight excluding hydrogens is 329 g/mol. The van der Waals surface area contributed by atoms with Gasteiger partial charge in [0.25, 0.3) is 0 Å². The van der Waals surface area contributed by atoms with Crippen molar-refractivity contribution in [1.29, 1.82) is 0 Å². The first-order chi connectivity index (χ1) is 11.1. The Balaban J connectivity index is 1.99. The van der Waals surface area contributed by atoms with Crippen molar-refractivity contribution in [2.24, 2.45) is 5.92 Å². The predicted molar refractivity (Wildman–Crippen MR) is 98.4 cm³/mol. The number of ether oxygens (including phenoxy) is 1. The van der Waals surface area contributed by atoms with E-state index >= 15 is 0 Å². The van der Waals surface area contributed by atoms with E-state index < -0.39 is 0 Å². The molecule has 0 aliphatic rings. The molecular formula is C19H23Cl2NO. The Morgan fingerprint density at radius 1 is 1.04 bits per heavy atom. The number of rotatable bonds is 8. The summed E-state index contributed by atoms with van der Waals surface area (Å²) in [5.74, 6) is 1.53. The fraction of sp³-hybridized carbons (Fsp3) is 0.368. The van der Waals surface area contributed by atoms with Crippen LogP contribution in [-0.2, 0) is 13.2 Å². The molecule has 2 rings (SSSR count). The summed E-state index contributed by atoms with van der Waals surface area (Å²) in [5, 5.41) is 4.88. The predicted octanol–water partition coefficient (Wildman–Crippen LogP) is 5.71. The molecule has 2 aromatic carbocycles. The van der Waals surface area contributed by atoms with Crippen LogP contribution in [0.1, 0.15) is 31.4 Å². The van der Waals surface area contributed by atoms with Crippen molar-refractivity contribution in [3.8, 4) is 5.75 Å². The average molecular weight is 352 g/mol. The van der Waals surface area contributed by atoms with Gasteiger partial charge in [0.1, 0.15) is 12.4 Å². The van der Waals surface area contributed by atoms with Crippen LogP contribution in [0.15, 0.2) is 42.5 Å². The topological polar surface area (TPSA) is 21.3 Å². The SMILES string of the molecule is CC(C)CCNCc1cc(Cl)ccc1OCc1ccccc1Cl. The van der Waals surface area contributed by atoms with Crippen LogP contribution in [0.5, 0.6) is 5.75 Å². The highest BCUT2D eigenvalue weighted by atomic mass is 35.5. The molecule has 0 radical (unpaired) electrons. The normalized spacial score (nSPS) is 11.0. The molecule has 4 heteroatoms. The molecule has 0 amide bonds. The van der Waals surface area contributed by atoms with Crippen LogP contribution >= 0.6 is 23.2 Å². The van der Waals surface area contributed by atoms with Gasteiger partial charge in [-0.2, -0.15) is 0 Å². The van der Waals surface area contributed by atoms with Crippen molar-refractivity contribution in [3.63, 3.8) is 0 Å². The molecule has 2 aromatic rings. The molecule has 0 saturated carbocycles. The summed E-state index contributed by atoms with van der Waals surface area (Å²) in [6.45, 7) is 6.61. The molecule has 0 aromatic heterocycles. The maximum Gasteiger partial charge on any atom is 0.124 e. The molecule has 124 valence electrons. The van der Waals surface area contributed by atoms with Gasteiger partial charge in [0.15, 0.2) is 0 Å². The molecule has 2 nitrogen and oxygen atoms in total. The zero-order valence-corrected chi connectivity index (χ0v) is 15.1. The second-order valence-electron chi connectivity index (χ2n) is 5.99. The van der Waals surface area contributed by atoms with Gasteiger partial charge < -0.3 is 10.1 Å². The lowest BCUT2D eigenvalue weighted by molar-refractivity contribution is 0.302. The largest absolute Gasteiger partial charge is 0.489 e. The van der Waals surface area contributed by atoms with Crippen LogP contribution < -0.4 is 10.1 Å². The van der Waals surface area contributed by atoms with Gasteiger partial charge >= 0.3 is 0 Å². The number of benzene rings is 2. The summed E-state index contributed by atoms with van der Waals surface area (Å²) in [5.41, 5.74) is 2.04. The summed E-state index contributed by atoms with van der Waals surface area (Å²) in [4.78, 5) is 0. The van der Waals surface area contributed by atoms with E-state index in [1.165, 1.54) is 0 Å². The van der Waals surface area contributed by atoms with Crippen molar-refractivity contribution in [1.82, 2.24) is 5.32 Å². The first-order valence-corrected chi connectivity index (χ1v) is 8.67.